The lowest BCUT2D eigenvalue weighted by atomic mass is 9.92. The molecule has 2 heterocycles. The number of aromatic nitrogens is 2. The molecule has 0 aliphatic rings. The summed E-state index contributed by atoms with van der Waals surface area (Å²) in [5.41, 5.74) is 13.9. The van der Waals surface area contributed by atoms with Crippen molar-refractivity contribution in [2.75, 3.05) is 0 Å². The minimum atomic E-state index is -0.0370. The molecule has 108 valence electrons. The molecule has 21 heavy (non-hydrogen) atoms. The van der Waals surface area contributed by atoms with Gasteiger partial charge in [0, 0.05) is 17.8 Å². The van der Waals surface area contributed by atoms with Gasteiger partial charge in [0.2, 0.25) is 0 Å². The normalized spacial score (nSPS) is 12.8. The molecule has 1 atom stereocenters. The zero-order chi connectivity index (χ0) is 15.0. The van der Waals surface area contributed by atoms with Gasteiger partial charge < -0.3 is 5.73 Å². The maximum Gasteiger partial charge on any atom is 0.0709 e. The SMILES string of the molecule is Cc1cc(C)c(CC(N)c2cnn3ccccc23)c(C)c1. The average Bonchev–Trinajstić information content (AvgIpc) is 2.86. The van der Waals surface area contributed by atoms with Crippen LogP contribution in [-0.2, 0) is 6.42 Å². The zero-order valence-electron chi connectivity index (χ0n) is 12.8. The lowest BCUT2D eigenvalue weighted by Gasteiger charge is -2.16. The van der Waals surface area contributed by atoms with E-state index in [-0.39, 0.29) is 6.04 Å². The van der Waals surface area contributed by atoms with E-state index in [1.807, 2.05) is 29.0 Å². The fourth-order valence-corrected chi connectivity index (χ4v) is 3.10. The van der Waals surface area contributed by atoms with E-state index in [2.05, 4.69) is 44.1 Å². The van der Waals surface area contributed by atoms with E-state index < -0.39 is 0 Å². The van der Waals surface area contributed by atoms with Gasteiger partial charge in [0.1, 0.15) is 0 Å². The summed E-state index contributed by atoms with van der Waals surface area (Å²) in [7, 11) is 0. The molecule has 2 aromatic heterocycles. The monoisotopic (exact) mass is 279 g/mol. The molecule has 1 unspecified atom stereocenters. The van der Waals surface area contributed by atoms with Crippen LogP contribution in [0.2, 0.25) is 0 Å². The molecule has 2 N–H and O–H groups in total. The number of fused-ring (bicyclic) bond motifs is 1. The molecule has 0 saturated heterocycles. The summed E-state index contributed by atoms with van der Waals surface area (Å²) in [6.45, 7) is 6.46. The van der Waals surface area contributed by atoms with Gasteiger partial charge in [-0.3, -0.25) is 0 Å². The number of hydrogen-bond donors (Lipinski definition) is 1. The summed E-state index contributed by atoms with van der Waals surface area (Å²) in [6.07, 6.45) is 4.68. The Balaban J connectivity index is 1.95. The molecule has 3 rings (SSSR count). The highest BCUT2D eigenvalue weighted by atomic mass is 15.2. The molecule has 3 heteroatoms. The Kier molecular flexibility index (Phi) is 3.52. The maximum atomic E-state index is 6.46. The number of nitrogens with zero attached hydrogens (tertiary/aromatic N) is 2. The number of pyridine rings is 1. The minimum absolute atomic E-state index is 0.0370. The van der Waals surface area contributed by atoms with Crippen LogP contribution in [0.4, 0.5) is 0 Å². The van der Waals surface area contributed by atoms with Gasteiger partial charge in [-0.25, -0.2) is 4.52 Å². The Morgan fingerprint density at radius 2 is 1.86 bits per heavy atom. The van der Waals surface area contributed by atoms with Crippen molar-refractivity contribution in [3.8, 4) is 0 Å². The van der Waals surface area contributed by atoms with Crippen molar-refractivity contribution in [3.63, 3.8) is 0 Å². The highest BCUT2D eigenvalue weighted by molar-refractivity contribution is 5.55. The molecule has 0 saturated carbocycles. The maximum absolute atomic E-state index is 6.46. The van der Waals surface area contributed by atoms with Crippen molar-refractivity contribution in [2.45, 2.75) is 33.2 Å². The fraction of sp³-hybridized carbons (Fsp3) is 0.278. The third-order valence-corrected chi connectivity index (χ3v) is 4.12. The largest absolute Gasteiger partial charge is 0.324 e. The van der Waals surface area contributed by atoms with Crippen LogP contribution in [0.25, 0.3) is 5.52 Å². The van der Waals surface area contributed by atoms with Crippen LogP contribution in [0.5, 0.6) is 0 Å². The summed E-state index contributed by atoms with van der Waals surface area (Å²) in [5, 5.41) is 4.38. The topological polar surface area (TPSA) is 43.3 Å². The first-order chi connectivity index (χ1) is 10.1. The van der Waals surface area contributed by atoms with Gasteiger partial charge in [0.15, 0.2) is 0 Å². The predicted octanol–water partition coefficient (Wildman–Crippen LogP) is 3.50. The van der Waals surface area contributed by atoms with Gasteiger partial charge in [-0.05, 0) is 56.0 Å². The molecule has 1 aromatic carbocycles. The first-order valence-electron chi connectivity index (χ1n) is 7.31. The molecular weight excluding hydrogens is 258 g/mol. The van der Waals surface area contributed by atoms with Crippen LogP contribution in [0, 0.1) is 20.8 Å². The minimum Gasteiger partial charge on any atom is -0.324 e. The first-order valence-corrected chi connectivity index (χ1v) is 7.31. The second-order valence-electron chi connectivity index (χ2n) is 5.82. The Labute approximate surface area is 125 Å². The lowest BCUT2D eigenvalue weighted by molar-refractivity contribution is 0.720. The van der Waals surface area contributed by atoms with Gasteiger partial charge >= 0.3 is 0 Å². The van der Waals surface area contributed by atoms with E-state index in [4.69, 9.17) is 5.73 Å². The lowest BCUT2D eigenvalue weighted by Crippen LogP contribution is -2.14. The van der Waals surface area contributed by atoms with E-state index in [9.17, 15) is 0 Å². The van der Waals surface area contributed by atoms with E-state index >= 15 is 0 Å². The second-order valence-corrected chi connectivity index (χ2v) is 5.82. The van der Waals surface area contributed by atoms with Gasteiger partial charge in [-0.2, -0.15) is 5.10 Å². The summed E-state index contributed by atoms with van der Waals surface area (Å²) in [6, 6.07) is 10.5. The van der Waals surface area contributed by atoms with Crippen LogP contribution in [0.3, 0.4) is 0 Å². The zero-order valence-corrected chi connectivity index (χ0v) is 12.8. The van der Waals surface area contributed by atoms with Gasteiger partial charge in [0.25, 0.3) is 0 Å². The van der Waals surface area contributed by atoms with Crippen molar-refractivity contribution in [1.82, 2.24) is 9.61 Å². The summed E-state index contributed by atoms with van der Waals surface area (Å²) in [4.78, 5) is 0. The van der Waals surface area contributed by atoms with Crippen molar-refractivity contribution >= 4 is 5.52 Å². The molecule has 0 aliphatic carbocycles. The van der Waals surface area contributed by atoms with E-state index in [0.29, 0.717) is 0 Å². The molecule has 0 radical (unpaired) electrons. The summed E-state index contributed by atoms with van der Waals surface area (Å²) >= 11 is 0. The predicted molar refractivity (Wildman–Crippen MR) is 86.5 cm³/mol. The molecule has 0 fully saturated rings. The van der Waals surface area contributed by atoms with Crippen molar-refractivity contribution in [3.05, 3.63) is 70.5 Å². The highest BCUT2D eigenvalue weighted by Gasteiger charge is 2.15. The number of nitrogens with two attached hydrogens (primary N) is 1. The van der Waals surface area contributed by atoms with Crippen molar-refractivity contribution in [2.24, 2.45) is 5.73 Å². The third kappa shape index (κ3) is 2.57. The Hall–Kier alpha value is -2.13. The Morgan fingerprint density at radius 1 is 1.14 bits per heavy atom. The molecule has 0 bridgehead atoms. The number of hydrogen-bond acceptors (Lipinski definition) is 2. The van der Waals surface area contributed by atoms with Gasteiger partial charge in [-0.1, -0.05) is 23.8 Å². The van der Waals surface area contributed by atoms with Crippen LogP contribution in [-0.4, -0.2) is 9.61 Å². The fourth-order valence-electron chi connectivity index (χ4n) is 3.10. The van der Waals surface area contributed by atoms with Crippen LogP contribution in [0.15, 0.2) is 42.7 Å². The van der Waals surface area contributed by atoms with Crippen LogP contribution >= 0.6 is 0 Å². The van der Waals surface area contributed by atoms with Crippen LogP contribution < -0.4 is 5.73 Å². The molecule has 0 spiro atoms. The Morgan fingerprint density at radius 3 is 2.57 bits per heavy atom. The van der Waals surface area contributed by atoms with E-state index in [0.717, 1.165) is 17.5 Å². The highest BCUT2D eigenvalue weighted by Crippen LogP contribution is 2.25. The molecule has 0 amide bonds. The molecule has 3 nitrogen and oxygen atoms in total. The Bertz CT molecular complexity index is 763. The van der Waals surface area contributed by atoms with Gasteiger partial charge in [-0.15, -0.1) is 0 Å². The van der Waals surface area contributed by atoms with Crippen molar-refractivity contribution < 1.29 is 0 Å². The summed E-state index contributed by atoms with van der Waals surface area (Å²) < 4.78 is 1.88. The van der Waals surface area contributed by atoms with Gasteiger partial charge in [0.05, 0.1) is 11.7 Å². The standard InChI is InChI=1S/C18H21N3/c1-12-8-13(2)15(14(3)9-12)10-17(19)16-11-20-21-7-5-4-6-18(16)21/h4-9,11,17H,10,19H2,1-3H3. The average molecular weight is 279 g/mol. The molecular formula is C18H21N3. The van der Waals surface area contributed by atoms with Crippen LogP contribution in [0.1, 0.15) is 33.9 Å². The van der Waals surface area contributed by atoms with E-state index in [1.165, 1.54) is 22.3 Å². The number of aryl methyl sites for hydroxylation is 3. The number of rotatable bonds is 3. The molecule has 3 aromatic rings. The number of benzene rings is 1. The quantitative estimate of drug-likeness (QED) is 0.797. The van der Waals surface area contributed by atoms with Crippen molar-refractivity contribution in [1.29, 1.82) is 0 Å². The molecule has 0 aliphatic heterocycles. The third-order valence-electron chi connectivity index (χ3n) is 4.12. The second kappa shape index (κ2) is 5.34. The summed E-state index contributed by atoms with van der Waals surface area (Å²) in [5.74, 6) is 0. The first kappa shape index (κ1) is 13.8. The smallest absolute Gasteiger partial charge is 0.0709 e. The van der Waals surface area contributed by atoms with E-state index in [1.54, 1.807) is 0 Å².